The van der Waals surface area contributed by atoms with Crippen LogP contribution in [0.3, 0.4) is 0 Å². The number of amides is 2. The molecule has 37 heavy (non-hydrogen) atoms. The molecule has 1 aliphatic carbocycles. The minimum Gasteiger partial charge on any atom is -0.487 e. The molecule has 0 spiro atoms. The molecule has 2 aliphatic rings. The highest BCUT2D eigenvalue weighted by atomic mass is 19.1. The number of carbonyl (C=O) groups excluding carboxylic acids is 2. The van der Waals surface area contributed by atoms with E-state index < -0.39 is 23.0 Å². The summed E-state index contributed by atoms with van der Waals surface area (Å²) in [6.07, 6.45) is 5.82. The zero-order valence-corrected chi connectivity index (χ0v) is 21.8. The number of hydrogen-bond acceptors (Lipinski definition) is 5. The minimum absolute atomic E-state index is 0.0859. The number of nitrogens with zero attached hydrogens (tertiary/aromatic N) is 2. The van der Waals surface area contributed by atoms with Gasteiger partial charge in [0.2, 0.25) is 11.8 Å². The van der Waals surface area contributed by atoms with Gasteiger partial charge in [-0.15, -0.1) is 0 Å². The monoisotopic (exact) mass is 509 g/mol. The van der Waals surface area contributed by atoms with Crippen molar-refractivity contribution in [3.63, 3.8) is 0 Å². The van der Waals surface area contributed by atoms with Gasteiger partial charge in [0, 0.05) is 24.1 Å². The Bertz CT molecular complexity index is 1190. The van der Waals surface area contributed by atoms with Crippen LogP contribution in [-0.4, -0.2) is 34.3 Å². The van der Waals surface area contributed by atoms with E-state index in [0.717, 1.165) is 17.5 Å². The van der Waals surface area contributed by atoms with Crippen LogP contribution in [0.5, 0.6) is 5.75 Å². The molecule has 0 saturated heterocycles. The molecule has 1 aromatic heterocycles. The Morgan fingerprint density at radius 3 is 2.81 bits per heavy atom. The average molecular weight is 510 g/mol. The Morgan fingerprint density at radius 2 is 2.11 bits per heavy atom. The molecule has 1 unspecified atom stereocenters. The van der Waals surface area contributed by atoms with E-state index in [4.69, 9.17) is 10.5 Å². The molecular formula is C28H36FN5O3. The lowest BCUT2D eigenvalue weighted by Gasteiger charge is -2.38. The fourth-order valence-corrected chi connectivity index (χ4v) is 5.14. The molecule has 5 atom stereocenters. The summed E-state index contributed by atoms with van der Waals surface area (Å²) in [7, 11) is 0. The van der Waals surface area contributed by atoms with Crippen LogP contribution in [0.2, 0.25) is 0 Å². The molecule has 4 N–H and O–H groups in total. The van der Waals surface area contributed by atoms with Crippen LogP contribution in [0.25, 0.3) is 0 Å². The van der Waals surface area contributed by atoms with Gasteiger partial charge in [0.15, 0.2) is 0 Å². The third-order valence-corrected chi connectivity index (χ3v) is 7.39. The summed E-state index contributed by atoms with van der Waals surface area (Å²) in [6, 6.07) is 8.36. The highest BCUT2D eigenvalue weighted by Gasteiger charge is 2.50. The van der Waals surface area contributed by atoms with Gasteiger partial charge in [0.1, 0.15) is 17.2 Å². The number of nitrogens with two attached hydrogens (primary N) is 1. The summed E-state index contributed by atoms with van der Waals surface area (Å²) in [6.45, 7) is 7.80. The number of hydrogen-bond donors (Lipinski definition) is 3. The van der Waals surface area contributed by atoms with Crippen LogP contribution in [0, 0.1) is 17.7 Å². The molecule has 1 aliphatic heterocycles. The zero-order chi connectivity index (χ0) is 26.8. The number of rotatable bonds is 9. The molecule has 9 heteroatoms. The van der Waals surface area contributed by atoms with E-state index in [9.17, 15) is 14.0 Å². The molecule has 2 heterocycles. The summed E-state index contributed by atoms with van der Waals surface area (Å²) in [5.74, 6) is -0.544. The van der Waals surface area contributed by atoms with Crippen molar-refractivity contribution in [2.75, 3.05) is 0 Å². The minimum atomic E-state index is -0.646. The summed E-state index contributed by atoms with van der Waals surface area (Å²) in [4.78, 5) is 34.6. The summed E-state index contributed by atoms with van der Waals surface area (Å²) < 4.78 is 20.1. The van der Waals surface area contributed by atoms with Crippen LogP contribution in [0.4, 0.5) is 4.39 Å². The normalized spacial score (nSPS) is 24.3. The number of benzene rings is 1. The van der Waals surface area contributed by atoms with Gasteiger partial charge >= 0.3 is 0 Å². The summed E-state index contributed by atoms with van der Waals surface area (Å²) in [5.41, 5.74) is 5.90. The lowest BCUT2D eigenvalue weighted by atomic mass is 9.89. The smallest absolute Gasteiger partial charge is 0.223 e. The number of para-hydroxylation sites is 1. The molecule has 2 aromatic rings. The van der Waals surface area contributed by atoms with Gasteiger partial charge < -0.3 is 21.1 Å². The zero-order valence-electron chi connectivity index (χ0n) is 21.8. The van der Waals surface area contributed by atoms with Crippen LogP contribution in [-0.2, 0) is 9.59 Å². The van der Waals surface area contributed by atoms with Gasteiger partial charge in [0.25, 0.3) is 0 Å². The number of halogens is 1. The maximum absolute atomic E-state index is 14.1. The number of ether oxygens (including phenoxy) is 1. The van der Waals surface area contributed by atoms with Crippen molar-refractivity contribution in [1.82, 2.24) is 15.6 Å². The van der Waals surface area contributed by atoms with E-state index in [1.165, 1.54) is 18.6 Å². The largest absolute Gasteiger partial charge is 0.487 e. The highest BCUT2D eigenvalue weighted by Crippen LogP contribution is 2.48. The van der Waals surface area contributed by atoms with E-state index >= 15 is 0 Å². The van der Waals surface area contributed by atoms with Crippen molar-refractivity contribution in [1.29, 1.82) is 0 Å². The van der Waals surface area contributed by atoms with Crippen LogP contribution >= 0.6 is 0 Å². The van der Waals surface area contributed by atoms with Crippen molar-refractivity contribution in [2.45, 2.75) is 76.6 Å². The summed E-state index contributed by atoms with van der Waals surface area (Å²) in [5, 5.41) is 6.23. The van der Waals surface area contributed by atoms with Gasteiger partial charge in [-0.3, -0.25) is 19.6 Å². The number of aromatic nitrogens is 1. The van der Waals surface area contributed by atoms with Crippen molar-refractivity contribution in [3.8, 4) is 5.75 Å². The maximum Gasteiger partial charge on any atom is 0.223 e. The first-order valence-corrected chi connectivity index (χ1v) is 12.8. The first-order chi connectivity index (χ1) is 17.5. The van der Waals surface area contributed by atoms with Gasteiger partial charge in [-0.25, -0.2) is 4.39 Å². The fourth-order valence-electron chi connectivity index (χ4n) is 5.14. The Morgan fingerprint density at radius 1 is 1.35 bits per heavy atom. The van der Waals surface area contributed by atoms with Crippen molar-refractivity contribution in [3.05, 3.63) is 59.7 Å². The van der Waals surface area contributed by atoms with Gasteiger partial charge in [-0.05, 0) is 57.2 Å². The molecule has 1 fully saturated rings. The summed E-state index contributed by atoms with van der Waals surface area (Å²) >= 11 is 0. The maximum atomic E-state index is 14.1. The SMILES string of the molecule is CC[C@@](C)(CC(=O)NC(c1cncc(F)c1)[C@@H]1C[C@H]1C(=O)N[C@H]1CC(C)(C)Oc2ccccc21)N=CN. The van der Waals surface area contributed by atoms with Crippen LogP contribution in [0.1, 0.15) is 76.6 Å². The Labute approximate surface area is 217 Å². The lowest BCUT2D eigenvalue weighted by molar-refractivity contribution is -0.125. The molecule has 198 valence electrons. The number of nitrogens with one attached hydrogen (secondary N) is 2. The second-order valence-corrected chi connectivity index (χ2v) is 11.0. The molecule has 1 saturated carbocycles. The Hall–Kier alpha value is -3.49. The van der Waals surface area contributed by atoms with E-state index in [1.807, 2.05) is 52.0 Å². The second-order valence-electron chi connectivity index (χ2n) is 11.0. The van der Waals surface area contributed by atoms with E-state index in [2.05, 4.69) is 20.6 Å². The standard InChI is InChI=1S/C28H36FN5O3/c1-5-28(4,32-16-30)13-24(35)34-25(17-10-18(29)15-31-14-17)20-11-21(20)26(36)33-22-12-27(2,3)37-23-9-7-6-8-19(22)23/h6-10,14-16,20-22,25H,5,11-13H2,1-4H3,(H2,30,32)(H,33,36)(H,34,35)/t20-,21-,22+,25?,28+/m1/s1. The number of carbonyl (C=O) groups is 2. The Balaban J connectivity index is 1.50. The van der Waals surface area contributed by atoms with E-state index in [1.54, 1.807) is 0 Å². The fraction of sp³-hybridized carbons (Fsp3) is 0.500. The predicted octanol–water partition coefficient (Wildman–Crippen LogP) is 3.98. The van der Waals surface area contributed by atoms with Crippen LogP contribution < -0.4 is 21.1 Å². The molecular weight excluding hydrogens is 473 g/mol. The number of fused-ring (bicyclic) bond motifs is 1. The first kappa shape index (κ1) is 26.6. The van der Waals surface area contributed by atoms with Gasteiger partial charge in [0.05, 0.1) is 36.6 Å². The van der Waals surface area contributed by atoms with E-state index in [0.29, 0.717) is 24.8 Å². The van der Waals surface area contributed by atoms with E-state index in [-0.39, 0.29) is 36.1 Å². The topological polar surface area (TPSA) is 119 Å². The van der Waals surface area contributed by atoms with Crippen LogP contribution in [0.15, 0.2) is 47.7 Å². The second kappa shape index (κ2) is 10.5. The quantitative estimate of drug-likeness (QED) is 0.349. The molecule has 8 nitrogen and oxygen atoms in total. The lowest BCUT2D eigenvalue weighted by Crippen LogP contribution is -2.42. The number of pyridine rings is 1. The molecule has 1 aromatic carbocycles. The van der Waals surface area contributed by atoms with Crippen molar-refractivity contribution < 1.29 is 18.7 Å². The highest BCUT2D eigenvalue weighted by molar-refractivity contribution is 5.83. The molecule has 0 bridgehead atoms. The van der Waals surface area contributed by atoms with Crippen molar-refractivity contribution in [2.24, 2.45) is 22.6 Å². The van der Waals surface area contributed by atoms with Gasteiger partial charge in [-0.2, -0.15) is 0 Å². The van der Waals surface area contributed by atoms with Gasteiger partial charge in [-0.1, -0.05) is 25.1 Å². The average Bonchev–Trinajstić information content (AvgIpc) is 3.63. The molecule has 2 amide bonds. The number of aliphatic imine (C=N–C) groups is 1. The Kier molecular flexibility index (Phi) is 7.52. The van der Waals surface area contributed by atoms with Crippen molar-refractivity contribution >= 4 is 18.2 Å². The molecule has 4 rings (SSSR count). The third-order valence-electron chi connectivity index (χ3n) is 7.39. The first-order valence-electron chi connectivity index (χ1n) is 12.8. The molecule has 0 radical (unpaired) electrons. The third kappa shape index (κ3) is 6.26. The predicted molar refractivity (Wildman–Crippen MR) is 139 cm³/mol.